The van der Waals surface area contributed by atoms with E-state index in [2.05, 4.69) is 15.4 Å². The van der Waals surface area contributed by atoms with Crippen molar-refractivity contribution in [3.8, 4) is 0 Å². The van der Waals surface area contributed by atoms with E-state index in [1.165, 1.54) is 24.3 Å². The Morgan fingerprint density at radius 3 is 2.37 bits per heavy atom. The van der Waals surface area contributed by atoms with Crippen molar-refractivity contribution in [2.75, 3.05) is 26.2 Å². The van der Waals surface area contributed by atoms with Crippen molar-refractivity contribution in [2.45, 2.75) is 69.9 Å². The molecule has 35 heavy (non-hydrogen) atoms. The van der Waals surface area contributed by atoms with Gasteiger partial charge in [0.1, 0.15) is 11.1 Å². The molecule has 1 amide bonds. The van der Waals surface area contributed by atoms with Crippen LogP contribution in [0.1, 0.15) is 64.2 Å². The summed E-state index contributed by atoms with van der Waals surface area (Å²) in [5, 5.41) is 6.08. The Balaban J connectivity index is 2.22. The molecule has 1 atom stereocenters. The van der Waals surface area contributed by atoms with Crippen LogP contribution in [0.5, 0.6) is 0 Å². The summed E-state index contributed by atoms with van der Waals surface area (Å²) in [5.41, 5.74) is -1.94. The number of hydrogen-bond acceptors (Lipinski definition) is 8. The molecule has 1 aromatic carbocycles. The van der Waals surface area contributed by atoms with Crippen molar-refractivity contribution < 1.29 is 32.3 Å². The lowest BCUT2D eigenvalue weighted by Gasteiger charge is -2.40. The fourth-order valence-corrected chi connectivity index (χ4v) is 4.90. The minimum Gasteiger partial charge on any atom is -0.466 e. The molecule has 0 aromatic heterocycles. The molecule has 3 N–H and O–H groups in total. The first kappa shape index (κ1) is 28.7. The largest absolute Gasteiger partial charge is 0.466 e. The number of sulfonamides is 1. The van der Waals surface area contributed by atoms with E-state index < -0.39 is 39.0 Å². The quantitative estimate of drug-likeness (QED) is 0.404. The number of benzene rings is 1. The van der Waals surface area contributed by atoms with Gasteiger partial charge in [-0.2, -0.15) is 0 Å². The second kappa shape index (κ2) is 12.0. The van der Waals surface area contributed by atoms with Crippen molar-refractivity contribution >= 4 is 27.9 Å². The number of esters is 2. The number of piperidine rings is 1. The Morgan fingerprint density at radius 1 is 1.11 bits per heavy atom. The van der Waals surface area contributed by atoms with Crippen molar-refractivity contribution in [1.82, 2.24) is 15.4 Å². The van der Waals surface area contributed by atoms with Gasteiger partial charge in [0.25, 0.3) is 5.91 Å². The van der Waals surface area contributed by atoms with E-state index in [1.54, 1.807) is 34.6 Å². The van der Waals surface area contributed by atoms with Gasteiger partial charge in [-0.15, -0.1) is 0 Å². The first-order valence-corrected chi connectivity index (χ1v) is 13.3. The highest BCUT2D eigenvalue weighted by Crippen LogP contribution is 2.29. The zero-order valence-electron chi connectivity index (χ0n) is 21.1. The zero-order valence-corrected chi connectivity index (χ0v) is 21.9. The van der Waals surface area contributed by atoms with E-state index in [9.17, 15) is 22.8 Å². The average Bonchev–Trinajstić information content (AvgIpc) is 2.78. The topological polar surface area (TPSA) is 140 Å². The van der Waals surface area contributed by atoms with Gasteiger partial charge in [0.05, 0.1) is 17.9 Å². The predicted octanol–water partition coefficient (Wildman–Crippen LogP) is 1.75. The normalized spacial score (nSPS) is 16.7. The third-order valence-electron chi connectivity index (χ3n) is 5.68. The summed E-state index contributed by atoms with van der Waals surface area (Å²) < 4.78 is 38.1. The highest BCUT2D eigenvalue weighted by Gasteiger charge is 2.45. The molecule has 10 nitrogen and oxygen atoms in total. The third kappa shape index (κ3) is 8.29. The average molecular weight is 512 g/mol. The maximum atomic E-state index is 13.2. The molecule has 1 fully saturated rings. The fourth-order valence-electron chi connectivity index (χ4n) is 3.82. The van der Waals surface area contributed by atoms with E-state index in [-0.39, 0.29) is 35.9 Å². The van der Waals surface area contributed by atoms with Crippen LogP contribution in [0.25, 0.3) is 0 Å². The van der Waals surface area contributed by atoms with Crippen LogP contribution < -0.4 is 15.4 Å². The minimum atomic E-state index is -3.97. The van der Waals surface area contributed by atoms with E-state index >= 15 is 0 Å². The van der Waals surface area contributed by atoms with Crippen molar-refractivity contribution in [2.24, 2.45) is 5.92 Å². The van der Waals surface area contributed by atoms with E-state index in [0.717, 1.165) is 0 Å². The van der Waals surface area contributed by atoms with Crippen molar-refractivity contribution in [1.29, 1.82) is 0 Å². The predicted molar refractivity (Wildman–Crippen MR) is 130 cm³/mol. The molecule has 0 bridgehead atoms. The highest BCUT2D eigenvalue weighted by molar-refractivity contribution is 7.89. The standard InChI is InChI=1S/C24H37N3O7S/c1-6-33-20(28)12-15-26-35(31,32)19-9-7-8-17(16-19)21(29)27-24(5,18-10-13-25-14-11-18)22(30)34-23(2,3)4/h7-9,16,18,25-26H,6,10-15H2,1-5H3,(H,27,29). The van der Waals surface area contributed by atoms with Crippen LogP contribution in [0.15, 0.2) is 29.2 Å². The van der Waals surface area contributed by atoms with Gasteiger partial charge in [0.15, 0.2) is 0 Å². The monoisotopic (exact) mass is 511 g/mol. The molecule has 196 valence electrons. The van der Waals surface area contributed by atoms with Gasteiger partial charge in [-0.1, -0.05) is 6.07 Å². The Bertz CT molecular complexity index is 1010. The number of hydrogen-bond donors (Lipinski definition) is 3. The summed E-state index contributed by atoms with van der Waals surface area (Å²) in [6.45, 7) is 10.1. The summed E-state index contributed by atoms with van der Waals surface area (Å²) in [6, 6.07) is 5.51. The molecule has 1 aliphatic heterocycles. The number of nitrogens with one attached hydrogen (secondary N) is 3. The van der Waals surface area contributed by atoms with Crippen LogP contribution in [0, 0.1) is 5.92 Å². The third-order valence-corrected chi connectivity index (χ3v) is 7.14. The molecular weight excluding hydrogens is 474 g/mol. The highest BCUT2D eigenvalue weighted by atomic mass is 32.2. The van der Waals surface area contributed by atoms with E-state index in [1.807, 2.05) is 0 Å². The second-order valence-corrected chi connectivity index (χ2v) is 11.4. The summed E-state index contributed by atoms with van der Waals surface area (Å²) in [6.07, 6.45) is 1.24. The lowest BCUT2D eigenvalue weighted by atomic mass is 9.79. The molecule has 0 spiro atoms. The van der Waals surface area contributed by atoms with Crippen LogP contribution in [-0.4, -0.2) is 63.6 Å². The lowest BCUT2D eigenvalue weighted by Crippen LogP contribution is -2.60. The molecule has 1 aliphatic rings. The number of ether oxygens (including phenoxy) is 2. The zero-order chi connectivity index (χ0) is 26.3. The first-order chi connectivity index (χ1) is 16.3. The van der Waals surface area contributed by atoms with E-state index in [4.69, 9.17) is 9.47 Å². The van der Waals surface area contributed by atoms with Gasteiger partial charge in [0, 0.05) is 12.1 Å². The van der Waals surface area contributed by atoms with Crippen LogP contribution in [0.3, 0.4) is 0 Å². The van der Waals surface area contributed by atoms with Gasteiger partial charge in [-0.05, 0) is 84.7 Å². The molecule has 1 unspecified atom stereocenters. The van der Waals surface area contributed by atoms with Gasteiger partial charge >= 0.3 is 11.9 Å². The van der Waals surface area contributed by atoms with Crippen molar-refractivity contribution in [3.05, 3.63) is 29.8 Å². The van der Waals surface area contributed by atoms with Gasteiger partial charge in [0.2, 0.25) is 10.0 Å². The molecule has 1 aromatic rings. The van der Waals surface area contributed by atoms with Crippen LogP contribution in [0.4, 0.5) is 0 Å². The number of carbonyl (C=O) groups is 3. The van der Waals surface area contributed by atoms with Gasteiger partial charge < -0.3 is 20.1 Å². The van der Waals surface area contributed by atoms with Crippen molar-refractivity contribution in [3.63, 3.8) is 0 Å². The van der Waals surface area contributed by atoms with Crippen LogP contribution in [-0.2, 0) is 29.1 Å². The van der Waals surface area contributed by atoms with Crippen LogP contribution in [0.2, 0.25) is 0 Å². The number of amides is 1. The maximum absolute atomic E-state index is 13.2. The number of rotatable bonds is 10. The lowest BCUT2D eigenvalue weighted by molar-refractivity contribution is -0.165. The summed E-state index contributed by atoms with van der Waals surface area (Å²) in [7, 11) is -3.97. The Morgan fingerprint density at radius 2 is 1.77 bits per heavy atom. The maximum Gasteiger partial charge on any atom is 0.332 e. The Kier molecular flexibility index (Phi) is 9.82. The Labute approximate surface area is 207 Å². The molecule has 1 saturated heterocycles. The molecule has 0 saturated carbocycles. The molecule has 2 rings (SSSR count). The number of carbonyl (C=O) groups excluding carboxylic acids is 3. The Hall–Kier alpha value is -2.50. The second-order valence-electron chi connectivity index (χ2n) is 9.66. The molecule has 0 radical (unpaired) electrons. The smallest absolute Gasteiger partial charge is 0.332 e. The summed E-state index contributed by atoms with van der Waals surface area (Å²) in [4.78, 5) is 37.7. The summed E-state index contributed by atoms with van der Waals surface area (Å²) in [5.74, 6) is -1.78. The first-order valence-electron chi connectivity index (χ1n) is 11.8. The molecule has 1 heterocycles. The minimum absolute atomic E-state index is 0.0852. The van der Waals surface area contributed by atoms with Gasteiger partial charge in [-0.25, -0.2) is 17.9 Å². The van der Waals surface area contributed by atoms with E-state index in [0.29, 0.717) is 25.9 Å². The summed E-state index contributed by atoms with van der Waals surface area (Å²) >= 11 is 0. The van der Waals surface area contributed by atoms with Gasteiger partial charge in [-0.3, -0.25) is 9.59 Å². The molecule has 11 heteroatoms. The fraction of sp³-hybridized carbons (Fsp3) is 0.625. The molecular formula is C24H37N3O7S. The molecule has 0 aliphatic carbocycles. The van der Waals surface area contributed by atoms with Crippen LogP contribution >= 0.6 is 0 Å². The SMILES string of the molecule is CCOC(=O)CCNS(=O)(=O)c1cccc(C(=O)NC(C)(C(=O)OC(C)(C)C)C2CCNCC2)c1.